The molecule has 6 heteroatoms. The summed E-state index contributed by atoms with van der Waals surface area (Å²) in [6.45, 7) is 2.16. The van der Waals surface area contributed by atoms with E-state index in [0.29, 0.717) is 13.2 Å². The second-order valence-electron chi connectivity index (χ2n) is 3.80. The first kappa shape index (κ1) is 13.3. The van der Waals surface area contributed by atoms with E-state index < -0.39 is 0 Å². The van der Waals surface area contributed by atoms with Crippen LogP contribution in [0.5, 0.6) is 5.06 Å². The molecule has 1 fully saturated rings. The summed E-state index contributed by atoms with van der Waals surface area (Å²) in [7, 11) is 0. The first-order valence-electron chi connectivity index (χ1n) is 5.81. The van der Waals surface area contributed by atoms with Crippen LogP contribution < -0.4 is 4.74 Å². The summed E-state index contributed by atoms with van der Waals surface area (Å²) in [6, 6.07) is 0. The molecule has 0 aliphatic carbocycles. The number of hydrogen-bond acceptors (Lipinski definition) is 5. The Morgan fingerprint density at radius 2 is 2.41 bits per heavy atom. The Balaban J connectivity index is 1.53. The van der Waals surface area contributed by atoms with E-state index in [2.05, 4.69) is 20.9 Å². The number of thiazole rings is 1. The minimum absolute atomic E-state index is 0.00103. The van der Waals surface area contributed by atoms with Gasteiger partial charge in [-0.05, 0) is 35.2 Å². The number of ether oxygens (including phenoxy) is 3. The van der Waals surface area contributed by atoms with E-state index in [1.165, 1.54) is 17.8 Å². The minimum atomic E-state index is -0.00103. The molecule has 2 heterocycles. The Labute approximate surface area is 113 Å². The van der Waals surface area contributed by atoms with Crippen LogP contribution in [0, 0.1) is 0 Å². The van der Waals surface area contributed by atoms with Crippen molar-refractivity contribution in [2.45, 2.75) is 32.0 Å². The van der Waals surface area contributed by atoms with Crippen LogP contribution in [-0.4, -0.2) is 31.1 Å². The lowest BCUT2D eigenvalue weighted by molar-refractivity contribution is -0.163. The van der Waals surface area contributed by atoms with Crippen LogP contribution in [0.25, 0.3) is 0 Å². The highest BCUT2D eigenvalue weighted by Gasteiger charge is 2.13. The lowest BCUT2D eigenvalue weighted by atomic mass is 10.2. The van der Waals surface area contributed by atoms with Gasteiger partial charge in [-0.2, -0.15) is 0 Å². The van der Waals surface area contributed by atoms with E-state index in [0.717, 1.165) is 35.5 Å². The van der Waals surface area contributed by atoms with E-state index in [-0.39, 0.29) is 6.29 Å². The number of aromatic nitrogens is 1. The van der Waals surface area contributed by atoms with Gasteiger partial charge in [-0.15, -0.1) is 0 Å². The van der Waals surface area contributed by atoms with Crippen molar-refractivity contribution >= 4 is 27.3 Å². The molecule has 0 amide bonds. The molecule has 1 atom stereocenters. The van der Waals surface area contributed by atoms with Crippen molar-refractivity contribution in [1.82, 2.24) is 4.98 Å². The first-order chi connectivity index (χ1) is 8.36. The smallest absolute Gasteiger partial charge is 0.208 e. The lowest BCUT2D eigenvalue weighted by Crippen LogP contribution is -2.23. The van der Waals surface area contributed by atoms with E-state index in [1.54, 1.807) is 5.51 Å². The summed E-state index contributed by atoms with van der Waals surface area (Å²) < 4.78 is 17.4. The van der Waals surface area contributed by atoms with Crippen LogP contribution >= 0.6 is 27.3 Å². The van der Waals surface area contributed by atoms with Gasteiger partial charge < -0.3 is 14.2 Å². The van der Waals surface area contributed by atoms with Crippen molar-refractivity contribution in [3.8, 4) is 5.06 Å². The average Bonchev–Trinajstić information content (AvgIpc) is 2.76. The Kier molecular flexibility index (Phi) is 5.70. The third-order valence-electron chi connectivity index (χ3n) is 2.46. The molecule has 0 bridgehead atoms. The van der Waals surface area contributed by atoms with Gasteiger partial charge >= 0.3 is 0 Å². The van der Waals surface area contributed by atoms with E-state index in [4.69, 9.17) is 14.2 Å². The Morgan fingerprint density at radius 3 is 3.12 bits per heavy atom. The number of nitrogens with zero attached hydrogens (tertiary/aromatic N) is 1. The molecule has 0 radical (unpaired) electrons. The van der Waals surface area contributed by atoms with Gasteiger partial charge in [0.25, 0.3) is 0 Å². The molecule has 1 aliphatic rings. The number of halogens is 1. The van der Waals surface area contributed by atoms with Gasteiger partial charge in [-0.1, -0.05) is 11.3 Å². The topological polar surface area (TPSA) is 40.6 Å². The normalized spacial score (nSPS) is 20.4. The molecule has 0 N–H and O–H groups in total. The molecule has 96 valence electrons. The zero-order valence-electron chi connectivity index (χ0n) is 9.56. The summed E-state index contributed by atoms with van der Waals surface area (Å²) in [5.41, 5.74) is 1.76. The molecule has 1 aliphatic heterocycles. The Hall–Kier alpha value is -0.170. The maximum absolute atomic E-state index is 5.61. The maximum Gasteiger partial charge on any atom is 0.208 e. The third-order valence-corrected chi connectivity index (χ3v) is 4.02. The Bertz CT molecular complexity index is 328. The fraction of sp³-hybridized carbons (Fsp3) is 0.727. The third kappa shape index (κ3) is 4.54. The fourth-order valence-corrected chi connectivity index (χ4v) is 2.78. The largest absolute Gasteiger partial charge is 0.482 e. The summed E-state index contributed by atoms with van der Waals surface area (Å²) in [6.07, 6.45) is 4.24. The van der Waals surface area contributed by atoms with Crippen LogP contribution in [0.1, 0.15) is 25.7 Å². The maximum atomic E-state index is 5.61. The van der Waals surface area contributed by atoms with Crippen molar-refractivity contribution in [3.63, 3.8) is 0 Å². The molecular weight excluding hydrogens is 306 g/mol. The first-order valence-corrected chi connectivity index (χ1v) is 7.48. The van der Waals surface area contributed by atoms with Crippen LogP contribution in [0.3, 0.4) is 0 Å². The number of hydrogen-bond donors (Lipinski definition) is 0. The minimum Gasteiger partial charge on any atom is -0.482 e. The predicted molar refractivity (Wildman–Crippen MR) is 69.5 cm³/mol. The van der Waals surface area contributed by atoms with Gasteiger partial charge in [-0.25, -0.2) is 4.98 Å². The summed E-state index contributed by atoms with van der Waals surface area (Å²) in [5, 5.41) is 0.832. The second kappa shape index (κ2) is 7.31. The predicted octanol–water partition coefficient (Wildman–Crippen LogP) is 3.22. The molecule has 1 aromatic heterocycles. The van der Waals surface area contributed by atoms with Crippen molar-refractivity contribution in [2.24, 2.45) is 0 Å². The zero-order chi connectivity index (χ0) is 11.9. The average molecular weight is 322 g/mol. The van der Waals surface area contributed by atoms with Gasteiger partial charge in [0.15, 0.2) is 10.9 Å². The quantitative estimate of drug-likeness (QED) is 0.754. The number of rotatable bonds is 6. The zero-order valence-corrected chi connectivity index (χ0v) is 12.0. The van der Waals surface area contributed by atoms with Crippen LogP contribution in [0.2, 0.25) is 0 Å². The SMILES string of the molecule is Brc1ncsc1OCCCOC1CCCCO1. The van der Waals surface area contributed by atoms with E-state index >= 15 is 0 Å². The summed E-state index contributed by atoms with van der Waals surface area (Å²) in [4.78, 5) is 4.05. The molecule has 1 aromatic rings. The summed E-state index contributed by atoms with van der Waals surface area (Å²) >= 11 is 4.81. The van der Waals surface area contributed by atoms with Gasteiger partial charge in [0, 0.05) is 13.0 Å². The van der Waals surface area contributed by atoms with E-state index in [9.17, 15) is 0 Å². The highest BCUT2D eigenvalue weighted by Crippen LogP contribution is 2.27. The highest BCUT2D eigenvalue weighted by atomic mass is 79.9. The molecule has 0 aromatic carbocycles. The van der Waals surface area contributed by atoms with Crippen molar-refractivity contribution in [1.29, 1.82) is 0 Å². The second-order valence-corrected chi connectivity index (χ2v) is 5.37. The van der Waals surface area contributed by atoms with Crippen LogP contribution in [0.15, 0.2) is 10.1 Å². The molecule has 1 unspecified atom stereocenters. The molecule has 0 saturated carbocycles. The van der Waals surface area contributed by atoms with Gasteiger partial charge in [0.1, 0.15) is 0 Å². The molecule has 2 rings (SSSR count). The monoisotopic (exact) mass is 321 g/mol. The van der Waals surface area contributed by atoms with Crippen molar-refractivity contribution in [3.05, 3.63) is 10.1 Å². The molecule has 0 spiro atoms. The summed E-state index contributed by atoms with van der Waals surface area (Å²) in [5.74, 6) is 0. The standard InChI is InChI=1S/C11H16BrNO3S/c12-10-11(17-8-13-10)16-7-3-6-15-9-4-1-2-5-14-9/h8-9H,1-7H2. The van der Waals surface area contributed by atoms with Gasteiger partial charge in [0.2, 0.25) is 5.06 Å². The molecule has 17 heavy (non-hydrogen) atoms. The molecule has 1 saturated heterocycles. The molecule has 4 nitrogen and oxygen atoms in total. The Morgan fingerprint density at radius 1 is 1.47 bits per heavy atom. The van der Waals surface area contributed by atoms with Crippen LogP contribution in [0.4, 0.5) is 0 Å². The van der Waals surface area contributed by atoms with Crippen molar-refractivity contribution < 1.29 is 14.2 Å². The van der Waals surface area contributed by atoms with Gasteiger partial charge in [-0.3, -0.25) is 0 Å². The molecular formula is C11H16BrNO3S. The van der Waals surface area contributed by atoms with E-state index in [1.807, 2.05) is 0 Å². The van der Waals surface area contributed by atoms with Crippen molar-refractivity contribution in [2.75, 3.05) is 19.8 Å². The fourth-order valence-electron chi connectivity index (χ4n) is 1.60. The van der Waals surface area contributed by atoms with Gasteiger partial charge in [0.05, 0.1) is 18.7 Å². The lowest BCUT2D eigenvalue weighted by Gasteiger charge is -2.22. The highest BCUT2D eigenvalue weighted by molar-refractivity contribution is 9.10. The van der Waals surface area contributed by atoms with Crippen LogP contribution in [-0.2, 0) is 9.47 Å².